The molecule has 0 spiro atoms. The number of non-ortho nitro benzene ring substituents is 1. The molecule has 4 amide bonds. The molecule has 11 heteroatoms. The zero-order valence-corrected chi connectivity index (χ0v) is 19.5. The average molecular weight is 508 g/mol. The number of amides is 4. The van der Waals surface area contributed by atoms with Crippen molar-refractivity contribution in [2.24, 2.45) is 0 Å². The van der Waals surface area contributed by atoms with Crippen LogP contribution in [0.2, 0.25) is 5.02 Å². The average Bonchev–Trinajstić information content (AvgIpc) is 2.86. The van der Waals surface area contributed by atoms with E-state index in [1.807, 2.05) is 0 Å². The number of urea groups is 1. The maximum absolute atomic E-state index is 13.2. The van der Waals surface area contributed by atoms with Gasteiger partial charge in [0.2, 0.25) is 0 Å². The van der Waals surface area contributed by atoms with Crippen LogP contribution in [0.4, 0.5) is 16.2 Å². The minimum absolute atomic E-state index is 0.0477. The van der Waals surface area contributed by atoms with Crippen molar-refractivity contribution in [3.05, 3.63) is 98.6 Å². The van der Waals surface area contributed by atoms with Gasteiger partial charge >= 0.3 is 6.03 Å². The van der Waals surface area contributed by atoms with E-state index in [0.717, 1.165) is 4.90 Å². The number of rotatable bonds is 7. The smallest absolute Gasteiger partial charge is 0.335 e. The topological polar surface area (TPSA) is 128 Å². The molecule has 3 aromatic rings. The number of imide groups is 2. The summed E-state index contributed by atoms with van der Waals surface area (Å²) in [6.07, 6.45) is 1.29. The third kappa shape index (κ3) is 5.18. The fourth-order valence-corrected chi connectivity index (χ4v) is 3.60. The Morgan fingerprint density at radius 1 is 1.03 bits per heavy atom. The Bertz CT molecular complexity index is 1390. The summed E-state index contributed by atoms with van der Waals surface area (Å²) in [7, 11) is 1.49. The molecule has 1 fully saturated rings. The number of hydrogen-bond donors (Lipinski definition) is 1. The predicted molar refractivity (Wildman–Crippen MR) is 131 cm³/mol. The highest BCUT2D eigenvalue weighted by Crippen LogP contribution is 2.29. The number of halogens is 1. The molecule has 10 nitrogen and oxygen atoms in total. The summed E-state index contributed by atoms with van der Waals surface area (Å²) in [4.78, 5) is 49.4. The molecule has 3 aromatic carbocycles. The maximum atomic E-state index is 13.2. The second-order valence-corrected chi connectivity index (χ2v) is 7.99. The summed E-state index contributed by atoms with van der Waals surface area (Å²) in [6.45, 7) is 0.0619. The number of nitro benzene ring substituents is 1. The first-order valence-corrected chi connectivity index (χ1v) is 10.9. The number of barbiturate groups is 1. The molecule has 1 N–H and O–H groups in total. The molecule has 1 aliphatic rings. The van der Waals surface area contributed by atoms with Crippen LogP contribution in [-0.4, -0.2) is 29.9 Å². The monoisotopic (exact) mass is 507 g/mol. The Labute approximate surface area is 209 Å². The number of nitro groups is 1. The Morgan fingerprint density at radius 3 is 2.36 bits per heavy atom. The van der Waals surface area contributed by atoms with Gasteiger partial charge in [-0.15, -0.1) is 0 Å². The van der Waals surface area contributed by atoms with Gasteiger partial charge in [-0.05, 0) is 66.2 Å². The zero-order valence-electron chi connectivity index (χ0n) is 18.8. The van der Waals surface area contributed by atoms with Crippen LogP contribution in [0.3, 0.4) is 0 Å². The van der Waals surface area contributed by atoms with E-state index < -0.39 is 22.8 Å². The van der Waals surface area contributed by atoms with E-state index in [2.05, 4.69) is 5.32 Å². The molecular formula is C25H18ClN3O7. The lowest BCUT2D eigenvalue weighted by Crippen LogP contribution is -2.54. The Morgan fingerprint density at radius 2 is 1.72 bits per heavy atom. The fourth-order valence-electron chi connectivity index (χ4n) is 3.42. The van der Waals surface area contributed by atoms with Crippen LogP contribution in [-0.2, 0) is 16.2 Å². The minimum Gasteiger partial charge on any atom is -0.497 e. The Kier molecular flexibility index (Phi) is 6.98. The third-order valence-corrected chi connectivity index (χ3v) is 5.48. The van der Waals surface area contributed by atoms with Crippen LogP contribution in [0.5, 0.6) is 11.5 Å². The van der Waals surface area contributed by atoms with Crippen molar-refractivity contribution in [1.82, 2.24) is 5.32 Å². The molecule has 0 atom stereocenters. The molecule has 1 saturated heterocycles. The summed E-state index contributed by atoms with van der Waals surface area (Å²) in [5.74, 6) is -0.853. The lowest BCUT2D eigenvalue weighted by Gasteiger charge is -2.26. The number of nitrogens with zero attached hydrogens (tertiary/aromatic N) is 2. The number of nitrogens with one attached hydrogen (secondary N) is 1. The predicted octanol–water partition coefficient (Wildman–Crippen LogP) is 4.50. The van der Waals surface area contributed by atoms with Crippen molar-refractivity contribution in [1.29, 1.82) is 0 Å². The minimum atomic E-state index is -0.881. The number of benzene rings is 3. The summed E-state index contributed by atoms with van der Waals surface area (Å²) in [5, 5.41) is 13.3. The lowest BCUT2D eigenvalue weighted by atomic mass is 10.1. The van der Waals surface area contributed by atoms with E-state index in [-0.39, 0.29) is 23.6 Å². The van der Waals surface area contributed by atoms with Crippen LogP contribution < -0.4 is 19.7 Å². The van der Waals surface area contributed by atoms with Crippen LogP contribution in [0.15, 0.2) is 72.3 Å². The number of methoxy groups -OCH3 is 1. The molecular weight excluding hydrogens is 490 g/mol. The largest absolute Gasteiger partial charge is 0.497 e. The normalized spacial score (nSPS) is 14.6. The SMILES string of the molecule is COc1ccc(N2C(=O)NC(=O)/C(=C\c3cc(Cl)ccc3OCc3ccc([N+](=O)[O-])cc3)C2=O)cc1. The van der Waals surface area contributed by atoms with Crippen molar-refractivity contribution >= 4 is 46.9 Å². The molecule has 1 heterocycles. The molecule has 1 aliphatic heterocycles. The molecule has 0 saturated carbocycles. The Balaban J connectivity index is 1.62. The van der Waals surface area contributed by atoms with Gasteiger partial charge in [0.05, 0.1) is 17.7 Å². The molecule has 4 rings (SSSR count). The van der Waals surface area contributed by atoms with Crippen molar-refractivity contribution in [2.45, 2.75) is 6.61 Å². The van der Waals surface area contributed by atoms with Gasteiger partial charge in [-0.1, -0.05) is 11.6 Å². The van der Waals surface area contributed by atoms with Gasteiger partial charge in [-0.3, -0.25) is 25.0 Å². The van der Waals surface area contributed by atoms with Gasteiger partial charge < -0.3 is 9.47 Å². The van der Waals surface area contributed by atoms with E-state index in [1.54, 1.807) is 36.4 Å². The molecule has 182 valence electrons. The molecule has 0 aromatic heterocycles. The highest BCUT2D eigenvalue weighted by Gasteiger charge is 2.37. The summed E-state index contributed by atoms with van der Waals surface area (Å²) >= 11 is 6.14. The number of hydrogen-bond acceptors (Lipinski definition) is 7. The second-order valence-electron chi connectivity index (χ2n) is 7.55. The van der Waals surface area contributed by atoms with E-state index >= 15 is 0 Å². The van der Waals surface area contributed by atoms with Crippen molar-refractivity contribution in [3.63, 3.8) is 0 Å². The first-order chi connectivity index (χ1) is 17.3. The molecule has 0 unspecified atom stereocenters. The van der Waals surface area contributed by atoms with Gasteiger partial charge in [0.1, 0.15) is 23.7 Å². The van der Waals surface area contributed by atoms with Gasteiger partial charge in [0.25, 0.3) is 17.5 Å². The lowest BCUT2D eigenvalue weighted by molar-refractivity contribution is -0.384. The van der Waals surface area contributed by atoms with E-state index in [9.17, 15) is 24.5 Å². The fraction of sp³-hybridized carbons (Fsp3) is 0.0800. The third-order valence-electron chi connectivity index (χ3n) is 5.25. The van der Waals surface area contributed by atoms with Gasteiger partial charge in [-0.25, -0.2) is 9.69 Å². The molecule has 36 heavy (non-hydrogen) atoms. The summed E-state index contributed by atoms with van der Waals surface area (Å²) < 4.78 is 10.9. The number of carbonyl (C=O) groups is 3. The molecule has 0 aliphatic carbocycles. The highest BCUT2D eigenvalue weighted by atomic mass is 35.5. The van der Waals surface area contributed by atoms with E-state index in [0.29, 0.717) is 27.6 Å². The van der Waals surface area contributed by atoms with Crippen LogP contribution in [0, 0.1) is 10.1 Å². The highest BCUT2D eigenvalue weighted by molar-refractivity contribution is 6.39. The standard InChI is InChI=1S/C25H18ClN3O7/c1-35-20-9-7-18(8-10-20)28-24(31)21(23(30)27-25(28)32)13-16-12-17(26)4-11-22(16)36-14-15-2-5-19(6-3-15)29(33)34/h2-13H,14H2,1H3,(H,27,30,32)/b21-13+. The number of ether oxygens (including phenoxy) is 2. The first kappa shape index (κ1) is 24.4. The number of carbonyl (C=O) groups excluding carboxylic acids is 3. The van der Waals surface area contributed by atoms with Gasteiger partial charge in [-0.2, -0.15) is 0 Å². The van der Waals surface area contributed by atoms with Crippen LogP contribution in [0.25, 0.3) is 6.08 Å². The zero-order chi connectivity index (χ0) is 25.8. The van der Waals surface area contributed by atoms with E-state index in [1.165, 1.54) is 43.5 Å². The number of anilines is 1. The first-order valence-electron chi connectivity index (χ1n) is 10.5. The van der Waals surface area contributed by atoms with Crippen LogP contribution in [0.1, 0.15) is 11.1 Å². The van der Waals surface area contributed by atoms with Crippen molar-refractivity contribution in [2.75, 3.05) is 12.0 Å². The van der Waals surface area contributed by atoms with Gasteiger partial charge in [0, 0.05) is 22.7 Å². The summed E-state index contributed by atoms with van der Waals surface area (Å²) in [6, 6.07) is 15.8. The van der Waals surface area contributed by atoms with Crippen LogP contribution >= 0.6 is 11.6 Å². The molecule has 0 bridgehead atoms. The Hall–Kier alpha value is -4.70. The second kappa shape index (κ2) is 10.3. The maximum Gasteiger partial charge on any atom is 0.335 e. The quantitative estimate of drug-likeness (QED) is 0.216. The van der Waals surface area contributed by atoms with E-state index in [4.69, 9.17) is 21.1 Å². The molecule has 0 radical (unpaired) electrons. The van der Waals surface area contributed by atoms with Gasteiger partial charge in [0.15, 0.2) is 0 Å². The summed E-state index contributed by atoms with van der Waals surface area (Å²) in [5.41, 5.74) is 0.891. The van der Waals surface area contributed by atoms with Crippen molar-refractivity contribution < 1.29 is 28.8 Å². The van der Waals surface area contributed by atoms with Crippen molar-refractivity contribution in [3.8, 4) is 11.5 Å².